The van der Waals surface area contributed by atoms with Gasteiger partial charge in [0.2, 0.25) is 5.78 Å². The van der Waals surface area contributed by atoms with Crippen LogP contribution in [0.25, 0.3) is 11.1 Å². The van der Waals surface area contributed by atoms with Gasteiger partial charge in [0, 0.05) is 12.1 Å². The molecule has 1 fully saturated rings. The Kier molecular flexibility index (Phi) is 7.62. The Labute approximate surface area is 215 Å². The van der Waals surface area contributed by atoms with E-state index in [0.717, 1.165) is 0 Å². The predicted octanol–water partition coefficient (Wildman–Crippen LogP) is 3.84. The van der Waals surface area contributed by atoms with Gasteiger partial charge in [-0.3, -0.25) is 4.79 Å². The normalized spacial score (nSPS) is 14.6. The van der Waals surface area contributed by atoms with Gasteiger partial charge in [0.25, 0.3) is 5.89 Å². The van der Waals surface area contributed by atoms with Crippen LogP contribution >= 0.6 is 0 Å². The zero-order valence-electron chi connectivity index (χ0n) is 19.8. The highest BCUT2D eigenvalue weighted by Gasteiger charge is 2.49. The molecule has 0 spiro atoms. The first kappa shape index (κ1) is 27.0. The summed E-state index contributed by atoms with van der Waals surface area (Å²) in [5, 5.41) is 12.0. The lowest BCUT2D eigenvalue weighted by Gasteiger charge is -2.40. The summed E-state index contributed by atoms with van der Waals surface area (Å²) >= 11 is 0. The molecule has 1 aliphatic rings. The first-order valence-corrected chi connectivity index (χ1v) is 13.3. The van der Waals surface area contributed by atoms with Crippen LogP contribution in [0.2, 0.25) is 0 Å². The van der Waals surface area contributed by atoms with Crippen molar-refractivity contribution >= 4 is 38.8 Å². The Bertz CT molecular complexity index is 1440. The number of carbonyl (C=O) groups excluding carboxylic acids is 2. The van der Waals surface area contributed by atoms with Crippen molar-refractivity contribution < 1.29 is 45.8 Å². The lowest BCUT2D eigenvalue weighted by Crippen LogP contribution is -2.62. The lowest BCUT2D eigenvalue weighted by atomic mass is 9.73. The number of amides is 3. The number of oxazole rings is 1. The molecule has 2 N–H and O–H groups in total. The van der Waals surface area contributed by atoms with Crippen molar-refractivity contribution in [1.29, 1.82) is 0 Å². The molecule has 0 bridgehead atoms. The highest BCUT2D eigenvalue weighted by Crippen LogP contribution is 2.36. The lowest BCUT2D eigenvalue weighted by molar-refractivity contribution is -0.0503. The molecule has 3 amide bonds. The molecular formula is C24H23F2N3O8S. The van der Waals surface area contributed by atoms with Crippen LogP contribution in [-0.2, 0) is 15.6 Å². The van der Waals surface area contributed by atoms with Crippen LogP contribution in [-0.4, -0.2) is 65.8 Å². The Balaban J connectivity index is 1.45. The first-order valence-electron chi connectivity index (χ1n) is 11.5. The molecule has 0 aliphatic heterocycles. The van der Waals surface area contributed by atoms with E-state index >= 15 is 0 Å². The molecule has 202 valence electrons. The van der Waals surface area contributed by atoms with Gasteiger partial charge < -0.3 is 19.6 Å². The second kappa shape index (κ2) is 10.7. The van der Waals surface area contributed by atoms with Gasteiger partial charge in [-0.1, -0.05) is 30.3 Å². The van der Waals surface area contributed by atoms with Gasteiger partial charge in [-0.2, -0.15) is 8.78 Å². The van der Waals surface area contributed by atoms with Gasteiger partial charge in [0.1, 0.15) is 16.8 Å². The number of benzene rings is 2. The van der Waals surface area contributed by atoms with Gasteiger partial charge in [-0.25, -0.2) is 27.9 Å². The summed E-state index contributed by atoms with van der Waals surface area (Å²) in [5.41, 5.74) is -0.684. The largest absolute Gasteiger partial charge is 0.465 e. The molecule has 1 aliphatic carbocycles. The summed E-state index contributed by atoms with van der Waals surface area (Å²) in [6.45, 7) is -3.92. The number of carboxylic acid groups (broad SMARTS) is 1. The number of ketones is 1. The number of ether oxygens (including phenoxy) is 1. The maximum absolute atomic E-state index is 13.2. The van der Waals surface area contributed by atoms with Crippen LogP contribution < -0.4 is 10.1 Å². The molecule has 14 heteroatoms. The predicted molar refractivity (Wildman–Crippen MR) is 129 cm³/mol. The summed E-state index contributed by atoms with van der Waals surface area (Å²) < 4.78 is 60.4. The Morgan fingerprint density at radius 3 is 2.45 bits per heavy atom. The number of rotatable bonds is 10. The van der Waals surface area contributed by atoms with E-state index in [1.54, 1.807) is 24.3 Å². The molecule has 11 nitrogen and oxygen atoms in total. The first-order chi connectivity index (χ1) is 18.0. The SMILES string of the molecule is O=C(O)N(CCS(=O)(=O)Cc1ccccc1OC(F)F)C(=O)NC1(C(=O)c2nc3ccccc3o2)CCC1. The number of alkyl halides is 2. The van der Waals surface area contributed by atoms with Crippen molar-refractivity contribution in [1.82, 2.24) is 15.2 Å². The maximum atomic E-state index is 13.2. The van der Waals surface area contributed by atoms with Crippen LogP contribution in [0, 0.1) is 0 Å². The maximum Gasteiger partial charge on any atom is 0.415 e. The van der Waals surface area contributed by atoms with Gasteiger partial charge in [0.05, 0.1) is 11.5 Å². The molecule has 38 heavy (non-hydrogen) atoms. The van der Waals surface area contributed by atoms with E-state index < -0.39 is 57.9 Å². The van der Waals surface area contributed by atoms with Crippen LogP contribution in [0.4, 0.5) is 18.4 Å². The van der Waals surface area contributed by atoms with Crippen LogP contribution in [0.15, 0.2) is 52.9 Å². The number of aromatic nitrogens is 1. The number of urea groups is 1. The van der Waals surface area contributed by atoms with Gasteiger partial charge in [0.15, 0.2) is 15.4 Å². The monoisotopic (exact) mass is 551 g/mol. The highest BCUT2D eigenvalue weighted by atomic mass is 32.2. The van der Waals surface area contributed by atoms with E-state index in [9.17, 15) is 36.7 Å². The van der Waals surface area contributed by atoms with E-state index in [2.05, 4.69) is 15.0 Å². The topological polar surface area (TPSA) is 156 Å². The van der Waals surface area contributed by atoms with E-state index in [1.807, 2.05) is 0 Å². The van der Waals surface area contributed by atoms with Crippen molar-refractivity contribution in [2.24, 2.45) is 0 Å². The Morgan fingerprint density at radius 2 is 1.82 bits per heavy atom. The second-order valence-electron chi connectivity index (χ2n) is 8.69. The number of imide groups is 1. The van der Waals surface area contributed by atoms with Crippen molar-refractivity contribution in [2.45, 2.75) is 37.2 Å². The second-order valence-corrected chi connectivity index (χ2v) is 10.9. The van der Waals surface area contributed by atoms with Crippen LogP contribution in [0.1, 0.15) is 35.5 Å². The number of halogens is 2. The molecule has 1 saturated carbocycles. The Morgan fingerprint density at radius 1 is 1.13 bits per heavy atom. The summed E-state index contributed by atoms with van der Waals surface area (Å²) in [5.74, 6) is -2.70. The number of nitrogens with zero attached hydrogens (tertiary/aromatic N) is 2. The van der Waals surface area contributed by atoms with Crippen molar-refractivity contribution in [3.8, 4) is 5.75 Å². The van der Waals surface area contributed by atoms with Gasteiger partial charge in [-0.05, 0) is 37.5 Å². The zero-order chi connectivity index (χ0) is 27.5. The molecule has 0 atom stereocenters. The molecule has 2 aromatic carbocycles. The van der Waals surface area contributed by atoms with Gasteiger partial charge in [-0.15, -0.1) is 0 Å². The van der Waals surface area contributed by atoms with Gasteiger partial charge >= 0.3 is 18.7 Å². The van der Waals surface area contributed by atoms with Crippen molar-refractivity contribution in [2.75, 3.05) is 12.3 Å². The average molecular weight is 552 g/mol. The van der Waals surface area contributed by atoms with E-state index in [4.69, 9.17) is 4.42 Å². The number of fused-ring (bicyclic) bond motifs is 1. The van der Waals surface area contributed by atoms with E-state index in [-0.39, 0.29) is 34.9 Å². The fraction of sp³-hybridized carbons (Fsp3) is 0.333. The number of sulfone groups is 1. The number of hydrogen-bond donors (Lipinski definition) is 2. The summed E-state index contributed by atoms with van der Waals surface area (Å²) in [4.78, 5) is 42.2. The van der Waals surface area contributed by atoms with Crippen molar-refractivity contribution in [3.05, 3.63) is 60.0 Å². The minimum atomic E-state index is -4.07. The fourth-order valence-electron chi connectivity index (χ4n) is 4.04. The molecule has 0 radical (unpaired) electrons. The average Bonchev–Trinajstić information content (AvgIpc) is 3.26. The van der Waals surface area contributed by atoms with E-state index in [1.165, 1.54) is 24.3 Å². The summed E-state index contributed by atoms with van der Waals surface area (Å²) in [7, 11) is -4.07. The summed E-state index contributed by atoms with van der Waals surface area (Å²) in [6, 6.07) is 10.8. The summed E-state index contributed by atoms with van der Waals surface area (Å²) in [6.07, 6.45) is -0.734. The minimum absolute atomic E-state index is 0.0449. The molecule has 1 aromatic heterocycles. The molecule has 4 rings (SSSR count). The van der Waals surface area contributed by atoms with Crippen LogP contribution in [0.3, 0.4) is 0 Å². The smallest absolute Gasteiger partial charge is 0.415 e. The van der Waals surface area contributed by atoms with Crippen LogP contribution in [0.5, 0.6) is 5.75 Å². The standard InChI is InChI=1S/C24H23F2N3O8S/c25-21(26)37-17-8-3-1-6-15(17)14-38(34,35)13-12-29(23(32)33)22(31)28-24(10-5-11-24)19(30)20-27-16-7-2-4-9-18(16)36-20/h1-4,6-9,21H,5,10-14H2,(H,28,31)(H,32,33). The molecule has 0 unspecified atom stereocenters. The fourth-order valence-corrected chi connectivity index (χ4v) is 5.36. The quantitative estimate of drug-likeness (QED) is 0.357. The number of Topliss-reactive ketones (excluding diaryl/α,β-unsaturated/α-hetero) is 1. The molecule has 3 aromatic rings. The number of carbonyl (C=O) groups is 3. The molecule has 1 heterocycles. The third-order valence-corrected chi connectivity index (χ3v) is 7.70. The zero-order valence-corrected chi connectivity index (χ0v) is 20.6. The number of para-hydroxylation sites is 3. The molecular weight excluding hydrogens is 528 g/mol. The Hall–Kier alpha value is -4.07. The highest BCUT2D eigenvalue weighted by molar-refractivity contribution is 7.90. The van der Waals surface area contributed by atoms with Crippen molar-refractivity contribution in [3.63, 3.8) is 0 Å². The van der Waals surface area contributed by atoms with E-state index in [0.29, 0.717) is 17.5 Å². The third kappa shape index (κ3) is 5.90. The molecule has 0 saturated heterocycles. The number of hydrogen-bond acceptors (Lipinski definition) is 8. The minimum Gasteiger partial charge on any atom is -0.465 e. The number of nitrogens with one attached hydrogen (secondary N) is 1. The third-order valence-electron chi connectivity index (χ3n) is 6.14.